The van der Waals surface area contributed by atoms with E-state index in [1.807, 2.05) is 18.2 Å². The maximum atomic E-state index is 5.57. The van der Waals surface area contributed by atoms with Crippen LogP contribution in [0.3, 0.4) is 0 Å². The van der Waals surface area contributed by atoms with E-state index in [0.717, 1.165) is 10.5 Å². The zero-order chi connectivity index (χ0) is 9.76. The normalized spacial score (nSPS) is 30.9. The van der Waals surface area contributed by atoms with Gasteiger partial charge >= 0.3 is 0 Å². The number of thiazole rings is 1. The maximum Gasteiger partial charge on any atom is 0.143 e. The summed E-state index contributed by atoms with van der Waals surface area (Å²) in [5.41, 5.74) is 0.959. The Morgan fingerprint density at radius 2 is 2.14 bits per heavy atom. The standard InChI is InChI=1S/C11H11NOS/c1-7-11(2,13-7)10-12-8-5-3-4-6-9(8)14-10/h3-7H,1-2H3/t7-,11+/m0/s1. The highest BCUT2D eigenvalue weighted by Gasteiger charge is 2.52. The van der Waals surface area contributed by atoms with Crippen LogP contribution in [0.4, 0.5) is 0 Å². The second-order valence-corrected chi connectivity index (χ2v) is 4.88. The van der Waals surface area contributed by atoms with Gasteiger partial charge in [0.05, 0.1) is 16.3 Å². The Labute approximate surface area is 86.5 Å². The average Bonchev–Trinajstić information content (AvgIpc) is 2.66. The van der Waals surface area contributed by atoms with Crippen LogP contribution in [-0.4, -0.2) is 11.1 Å². The van der Waals surface area contributed by atoms with E-state index in [-0.39, 0.29) is 5.60 Å². The number of fused-ring (bicyclic) bond motifs is 1. The summed E-state index contributed by atoms with van der Waals surface area (Å²) in [6, 6.07) is 8.22. The number of para-hydroxylation sites is 1. The fourth-order valence-electron chi connectivity index (χ4n) is 1.64. The van der Waals surface area contributed by atoms with Crippen molar-refractivity contribution < 1.29 is 4.74 Å². The summed E-state index contributed by atoms with van der Waals surface area (Å²) < 4.78 is 6.81. The van der Waals surface area contributed by atoms with Crippen molar-refractivity contribution >= 4 is 21.6 Å². The third kappa shape index (κ3) is 1.03. The number of rotatable bonds is 1. The highest BCUT2D eigenvalue weighted by Crippen LogP contribution is 2.47. The third-order valence-electron chi connectivity index (χ3n) is 2.86. The van der Waals surface area contributed by atoms with Crippen molar-refractivity contribution in [2.45, 2.75) is 25.6 Å². The molecule has 1 aromatic carbocycles. The number of epoxide rings is 1. The molecular weight excluding hydrogens is 194 g/mol. The molecule has 1 fully saturated rings. The molecule has 1 aliphatic rings. The molecule has 1 saturated heterocycles. The quantitative estimate of drug-likeness (QED) is 0.669. The van der Waals surface area contributed by atoms with E-state index in [0.29, 0.717) is 6.10 Å². The molecule has 2 heterocycles. The Bertz CT molecular complexity index is 460. The molecule has 0 unspecified atom stereocenters. The van der Waals surface area contributed by atoms with Crippen molar-refractivity contribution in [1.29, 1.82) is 0 Å². The van der Waals surface area contributed by atoms with E-state index in [9.17, 15) is 0 Å². The van der Waals surface area contributed by atoms with Gasteiger partial charge in [0.15, 0.2) is 0 Å². The van der Waals surface area contributed by atoms with Crippen LogP contribution in [0, 0.1) is 0 Å². The van der Waals surface area contributed by atoms with Gasteiger partial charge in [0.2, 0.25) is 0 Å². The predicted octanol–water partition coefficient (Wildman–Crippen LogP) is 2.93. The van der Waals surface area contributed by atoms with Crippen molar-refractivity contribution in [3.63, 3.8) is 0 Å². The Hall–Kier alpha value is -0.930. The smallest absolute Gasteiger partial charge is 0.143 e. The van der Waals surface area contributed by atoms with Crippen molar-refractivity contribution in [3.05, 3.63) is 29.3 Å². The molecule has 3 heteroatoms. The summed E-state index contributed by atoms with van der Waals surface area (Å²) in [7, 11) is 0. The molecule has 0 N–H and O–H groups in total. The summed E-state index contributed by atoms with van der Waals surface area (Å²) >= 11 is 1.73. The van der Waals surface area contributed by atoms with Crippen molar-refractivity contribution in [1.82, 2.24) is 4.98 Å². The number of hydrogen-bond donors (Lipinski definition) is 0. The predicted molar refractivity (Wildman–Crippen MR) is 57.5 cm³/mol. The zero-order valence-electron chi connectivity index (χ0n) is 8.15. The molecular formula is C11H11NOS. The number of benzene rings is 1. The SMILES string of the molecule is C[C@@H]1O[C@@]1(C)c1nc2ccccc2s1. The summed E-state index contributed by atoms with van der Waals surface area (Å²) in [4.78, 5) is 4.59. The molecule has 1 aliphatic heterocycles. The Morgan fingerprint density at radius 1 is 1.43 bits per heavy atom. The molecule has 2 aromatic rings. The topological polar surface area (TPSA) is 25.4 Å². The first-order chi connectivity index (χ1) is 6.70. The van der Waals surface area contributed by atoms with Crippen LogP contribution in [0.1, 0.15) is 18.9 Å². The number of nitrogens with zero attached hydrogens (tertiary/aromatic N) is 1. The van der Waals surface area contributed by atoms with Crippen molar-refractivity contribution in [2.75, 3.05) is 0 Å². The Kier molecular flexibility index (Phi) is 1.53. The van der Waals surface area contributed by atoms with Gasteiger partial charge < -0.3 is 4.74 Å². The van der Waals surface area contributed by atoms with Crippen LogP contribution in [0.15, 0.2) is 24.3 Å². The van der Waals surface area contributed by atoms with Crippen LogP contribution < -0.4 is 0 Å². The van der Waals surface area contributed by atoms with Crippen LogP contribution in [0.2, 0.25) is 0 Å². The number of ether oxygens (including phenoxy) is 1. The second-order valence-electron chi connectivity index (χ2n) is 3.85. The highest BCUT2D eigenvalue weighted by molar-refractivity contribution is 7.18. The third-order valence-corrected chi connectivity index (χ3v) is 4.11. The minimum Gasteiger partial charge on any atom is -0.359 e. The van der Waals surface area contributed by atoms with E-state index >= 15 is 0 Å². The molecule has 72 valence electrons. The summed E-state index contributed by atoms with van der Waals surface area (Å²) in [5, 5.41) is 1.10. The zero-order valence-corrected chi connectivity index (χ0v) is 8.97. The molecule has 0 bridgehead atoms. The van der Waals surface area contributed by atoms with E-state index in [1.54, 1.807) is 11.3 Å². The molecule has 1 aromatic heterocycles. The van der Waals surface area contributed by atoms with Crippen LogP contribution in [0.5, 0.6) is 0 Å². The monoisotopic (exact) mass is 205 g/mol. The fourth-order valence-corrected chi connectivity index (χ4v) is 2.78. The molecule has 2 nitrogen and oxygen atoms in total. The van der Waals surface area contributed by atoms with Crippen LogP contribution in [-0.2, 0) is 10.3 Å². The first-order valence-electron chi connectivity index (χ1n) is 4.74. The lowest BCUT2D eigenvalue weighted by Crippen LogP contribution is -2.04. The van der Waals surface area contributed by atoms with E-state index in [2.05, 4.69) is 24.9 Å². The molecule has 0 amide bonds. The molecule has 3 rings (SSSR count). The van der Waals surface area contributed by atoms with Gasteiger partial charge in [-0.25, -0.2) is 4.98 Å². The minimum atomic E-state index is -0.121. The summed E-state index contributed by atoms with van der Waals surface area (Å²) in [5.74, 6) is 0. The van der Waals surface area contributed by atoms with Crippen molar-refractivity contribution in [2.24, 2.45) is 0 Å². The average molecular weight is 205 g/mol. The first-order valence-corrected chi connectivity index (χ1v) is 5.56. The molecule has 0 saturated carbocycles. The van der Waals surface area contributed by atoms with Crippen LogP contribution >= 0.6 is 11.3 Å². The lowest BCUT2D eigenvalue weighted by Gasteiger charge is -1.97. The molecule has 0 aliphatic carbocycles. The van der Waals surface area contributed by atoms with Gasteiger partial charge in [-0.05, 0) is 26.0 Å². The Morgan fingerprint density at radius 3 is 2.79 bits per heavy atom. The highest BCUT2D eigenvalue weighted by atomic mass is 32.1. The fraction of sp³-hybridized carbons (Fsp3) is 0.364. The van der Waals surface area contributed by atoms with E-state index in [4.69, 9.17) is 4.74 Å². The largest absolute Gasteiger partial charge is 0.359 e. The van der Waals surface area contributed by atoms with Gasteiger partial charge in [0.1, 0.15) is 10.6 Å². The van der Waals surface area contributed by atoms with E-state index in [1.165, 1.54) is 4.70 Å². The van der Waals surface area contributed by atoms with E-state index < -0.39 is 0 Å². The van der Waals surface area contributed by atoms with Gasteiger partial charge in [-0.2, -0.15) is 0 Å². The Balaban J connectivity index is 2.16. The van der Waals surface area contributed by atoms with Gasteiger partial charge in [0, 0.05) is 0 Å². The lowest BCUT2D eigenvalue weighted by molar-refractivity contribution is 0.316. The molecule has 0 radical (unpaired) electrons. The number of hydrogen-bond acceptors (Lipinski definition) is 3. The molecule has 0 spiro atoms. The summed E-state index contributed by atoms with van der Waals surface area (Å²) in [6.45, 7) is 4.20. The van der Waals surface area contributed by atoms with Gasteiger partial charge in [-0.3, -0.25) is 0 Å². The lowest BCUT2D eigenvalue weighted by atomic mass is 10.1. The molecule has 2 atom stereocenters. The number of aromatic nitrogens is 1. The second kappa shape index (κ2) is 2.55. The minimum absolute atomic E-state index is 0.121. The van der Waals surface area contributed by atoms with Crippen LogP contribution in [0.25, 0.3) is 10.2 Å². The summed E-state index contributed by atoms with van der Waals surface area (Å²) in [6.07, 6.45) is 0.308. The maximum absolute atomic E-state index is 5.57. The van der Waals surface area contributed by atoms with Gasteiger partial charge in [-0.1, -0.05) is 12.1 Å². The van der Waals surface area contributed by atoms with Crippen molar-refractivity contribution in [3.8, 4) is 0 Å². The molecule has 14 heavy (non-hydrogen) atoms. The van der Waals surface area contributed by atoms with Gasteiger partial charge in [-0.15, -0.1) is 11.3 Å². The first kappa shape index (κ1) is 8.38. The van der Waals surface area contributed by atoms with Gasteiger partial charge in [0.25, 0.3) is 0 Å².